The van der Waals surface area contributed by atoms with Crippen LogP contribution in [0.25, 0.3) is 0 Å². The first-order chi connectivity index (χ1) is 15.2. The van der Waals surface area contributed by atoms with Gasteiger partial charge in [-0.2, -0.15) is 13.2 Å². The molecular formula is C22H23ClF3N3O3. The molecule has 2 amide bonds. The Morgan fingerprint density at radius 3 is 2.44 bits per heavy atom. The first kappa shape index (κ1) is 23.7. The van der Waals surface area contributed by atoms with E-state index >= 15 is 0 Å². The summed E-state index contributed by atoms with van der Waals surface area (Å²) in [6.07, 6.45) is -4.02. The van der Waals surface area contributed by atoms with Crippen LogP contribution in [0.3, 0.4) is 0 Å². The van der Waals surface area contributed by atoms with Crippen LogP contribution >= 0.6 is 11.6 Å². The Balaban J connectivity index is 1.62. The molecule has 1 aliphatic rings. The summed E-state index contributed by atoms with van der Waals surface area (Å²) in [4.78, 5) is 26.5. The number of amides is 2. The third kappa shape index (κ3) is 5.85. The maximum absolute atomic E-state index is 12.6. The second-order valence-electron chi connectivity index (χ2n) is 7.27. The SMILES string of the molecule is CCCOc1cccc(C(=O)Nc2ccc(N3CCN(C(=O)C(F)(F)F)CC3)c(Cl)c2)c1. The normalized spacial score (nSPS) is 14.3. The third-order valence-electron chi connectivity index (χ3n) is 4.92. The van der Waals surface area contributed by atoms with Crippen molar-refractivity contribution < 1.29 is 27.5 Å². The van der Waals surface area contributed by atoms with Gasteiger partial charge in [-0.25, -0.2) is 0 Å². The molecule has 0 saturated carbocycles. The molecule has 0 unspecified atom stereocenters. The Hall–Kier alpha value is -2.94. The zero-order chi connectivity index (χ0) is 23.3. The number of anilines is 2. The van der Waals surface area contributed by atoms with Crippen molar-refractivity contribution in [1.29, 1.82) is 0 Å². The lowest BCUT2D eigenvalue weighted by Crippen LogP contribution is -2.52. The number of ether oxygens (including phenoxy) is 1. The molecule has 0 bridgehead atoms. The van der Waals surface area contributed by atoms with Gasteiger partial charge in [-0.05, 0) is 42.8 Å². The molecule has 1 saturated heterocycles. The van der Waals surface area contributed by atoms with Gasteiger partial charge in [0.25, 0.3) is 5.91 Å². The number of nitrogens with zero attached hydrogens (tertiary/aromatic N) is 2. The van der Waals surface area contributed by atoms with Crippen LogP contribution in [0, 0.1) is 0 Å². The fourth-order valence-corrected chi connectivity index (χ4v) is 3.62. The Labute approximate surface area is 188 Å². The molecule has 0 radical (unpaired) electrons. The van der Waals surface area contributed by atoms with Gasteiger partial charge in [-0.15, -0.1) is 0 Å². The number of piperazine rings is 1. The number of hydrogen-bond acceptors (Lipinski definition) is 4. The van der Waals surface area contributed by atoms with Crippen molar-refractivity contribution in [1.82, 2.24) is 4.90 Å². The number of hydrogen-bond donors (Lipinski definition) is 1. The Morgan fingerprint density at radius 2 is 1.81 bits per heavy atom. The van der Waals surface area contributed by atoms with Crippen LogP contribution in [-0.2, 0) is 4.79 Å². The molecule has 1 fully saturated rings. The number of carbonyl (C=O) groups is 2. The Bertz CT molecular complexity index is 976. The van der Waals surface area contributed by atoms with E-state index in [0.29, 0.717) is 34.3 Å². The molecule has 6 nitrogen and oxygen atoms in total. The zero-order valence-electron chi connectivity index (χ0n) is 17.4. The van der Waals surface area contributed by atoms with Crippen LogP contribution in [0.5, 0.6) is 5.75 Å². The van der Waals surface area contributed by atoms with Crippen LogP contribution in [0.1, 0.15) is 23.7 Å². The minimum absolute atomic E-state index is 0.0520. The Morgan fingerprint density at radius 1 is 1.09 bits per heavy atom. The molecule has 0 aromatic heterocycles. The highest BCUT2D eigenvalue weighted by Crippen LogP contribution is 2.30. The second-order valence-corrected chi connectivity index (χ2v) is 7.68. The van der Waals surface area contributed by atoms with Crippen molar-refractivity contribution in [2.75, 3.05) is 43.0 Å². The summed E-state index contributed by atoms with van der Waals surface area (Å²) < 4.78 is 43.3. The summed E-state index contributed by atoms with van der Waals surface area (Å²) in [6.45, 7) is 2.88. The summed E-state index contributed by atoms with van der Waals surface area (Å²) in [5.74, 6) is -1.54. The fraction of sp³-hybridized carbons (Fsp3) is 0.364. The van der Waals surface area contributed by atoms with Crippen molar-refractivity contribution >= 4 is 34.8 Å². The van der Waals surface area contributed by atoms with Gasteiger partial charge in [0.2, 0.25) is 0 Å². The maximum Gasteiger partial charge on any atom is 0.471 e. The van der Waals surface area contributed by atoms with Gasteiger partial charge >= 0.3 is 12.1 Å². The van der Waals surface area contributed by atoms with Gasteiger partial charge in [-0.3, -0.25) is 9.59 Å². The lowest BCUT2D eigenvalue weighted by atomic mass is 10.2. The first-order valence-electron chi connectivity index (χ1n) is 10.1. The van der Waals surface area contributed by atoms with E-state index in [1.807, 2.05) is 11.8 Å². The molecule has 1 aliphatic heterocycles. The van der Waals surface area contributed by atoms with E-state index < -0.39 is 12.1 Å². The van der Waals surface area contributed by atoms with Crippen LogP contribution < -0.4 is 15.0 Å². The maximum atomic E-state index is 12.6. The van der Waals surface area contributed by atoms with E-state index in [1.54, 1.807) is 42.5 Å². The number of benzene rings is 2. The lowest BCUT2D eigenvalue weighted by molar-refractivity contribution is -0.185. The second kappa shape index (κ2) is 10.1. The van der Waals surface area contributed by atoms with Crippen molar-refractivity contribution in [2.24, 2.45) is 0 Å². The number of carbonyl (C=O) groups excluding carboxylic acids is 2. The highest BCUT2D eigenvalue weighted by atomic mass is 35.5. The standard InChI is InChI=1S/C22H23ClF3N3O3/c1-2-12-32-17-5-3-4-15(13-17)20(30)27-16-6-7-19(18(23)14-16)28-8-10-29(11-9-28)21(31)22(24,25)26/h3-7,13-14H,2,8-12H2,1H3,(H,27,30). The average molecular weight is 470 g/mol. The van der Waals surface area contributed by atoms with E-state index in [9.17, 15) is 22.8 Å². The summed E-state index contributed by atoms with van der Waals surface area (Å²) >= 11 is 6.37. The minimum Gasteiger partial charge on any atom is -0.494 e. The van der Waals surface area contributed by atoms with Crippen LogP contribution in [-0.4, -0.2) is 55.7 Å². The summed E-state index contributed by atoms with van der Waals surface area (Å²) in [5.41, 5.74) is 1.54. The molecule has 1 N–H and O–H groups in total. The van der Waals surface area contributed by atoms with Crippen molar-refractivity contribution in [3.05, 3.63) is 53.1 Å². The summed E-state index contributed by atoms with van der Waals surface area (Å²) in [5, 5.41) is 3.12. The predicted octanol–water partition coefficient (Wildman–Crippen LogP) is 4.59. The smallest absolute Gasteiger partial charge is 0.471 e. The monoisotopic (exact) mass is 469 g/mol. The zero-order valence-corrected chi connectivity index (χ0v) is 18.2. The van der Waals surface area contributed by atoms with E-state index in [4.69, 9.17) is 16.3 Å². The van der Waals surface area contributed by atoms with Gasteiger partial charge in [0.15, 0.2) is 0 Å². The summed E-state index contributed by atoms with van der Waals surface area (Å²) in [7, 11) is 0. The molecule has 10 heteroatoms. The average Bonchev–Trinajstić information content (AvgIpc) is 2.77. The molecule has 3 rings (SSSR count). The third-order valence-corrected chi connectivity index (χ3v) is 5.23. The quantitative estimate of drug-likeness (QED) is 0.672. The Kier molecular flexibility index (Phi) is 7.50. The minimum atomic E-state index is -4.87. The van der Waals surface area contributed by atoms with Gasteiger partial charge in [0.05, 0.1) is 17.3 Å². The number of halogens is 4. The van der Waals surface area contributed by atoms with Crippen LogP contribution in [0.15, 0.2) is 42.5 Å². The van der Waals surface area contributed by atoms with Crippen molar-refractivity contribution in [2.45, 2.75) is 19.5 Å². The van der Waals surface area contributed by atoms with E-state index in [1.165, 1.54) is 0 Å². The molecule has 0 atom stereocenters. The van der Waals surface area contributed by atoms with E-state index in [-0.39, 0.29) is 32.1 Å². The van der Waals surface area contributed by atoms with Gasteiger partial charge in [0, 0.05) is 37.4 Å². The first-order valence-corrected chi connectivity index (χ1v) is 10.5. The predicted molar refractivity (Wildman–Crippen MR) is 116 cm³/mol. The number of rotatable bonds is 6. The van der Waals surface area contributed by atoms with Gasteiger partial charge in [-0.1, -0.05) is 24.6 Å². The van der Waals surface area contributed by atoms with Gasteiger partial charge < -0.3 is 19.9 Å². The molecule has 32 heavy (non-hydrogen) atoms. The number of nitrogens with one attached hydrogen (secondary N) is 1. The van der Waals surface area contributed by atoms with Crippen LogP contribution in [0.2, 0.25) is 5.02 Å². The summed E-state index contributed by atoms with van der Waals surface area (Å²) in [6, 6.07) is 11.8. The van der Waals surface area contributed by atoms with Gasteiger partial charge in [0.1, 0.15) is 5.75 Å². The molecule has 1 heterocycles. The van der Waals surface area contributed by atoms with Crippen molar-refractivity contribution in [3.63, 3.8) is 0 Å². The topological polar surface area (TPSA) is 61.9 Å². The molecule has 2 aromatic rings. The largest absolute Gasteiger partial charge is 0.494 e. The van der Waals surface area contributed by atoms with E-state index in [0.717, 1.165) is 11.3 Å². The lowest BCUT2D eigenvalue weighted by Gasteiger charge is -2.36. The van der Waals surface area contributed by atoms with Crippen molar-refractivity contribution in [3.8, 4) is 5.75 Å². The van der Waals surface area contributed by atoms with Crippen LogP contribution in [0.4, 0.5) is 24.5 Å². The molecule has 0 spiro atoms. The molecular weight excluding hydrogens is 447 g/mol. The molecule has 0 aliphatic carbocycles. The number of alkyl halides is 3. The highest BCUT2D eigenvalue weighted by Gasteiger charge is 2.43. The highest BCUT2D eigenvalue weighted by molar-refractivity contribution is 6.33. The van der Waals surface area contributed by atoms with E-state index in [2.05, 4.69) is 5.32 Å². The fourth-order valence-electron chi connectivity index (χ4n) is 3.32. The molecule has 2 aromatic carbocycles. The molecule has 172 valence electrons.